The van der Waals surface area contributed by atoms with E-state index in [1.165, 1.54) is 6.07 Å². The van der Waals surface area contributed by atoms with Gasteiger partial charge in [-0.05, 0) is 56.2 Å². The average Bonchev–Trinajstić information content (AvgIpc) is 2.82. The van der Waals surface area contributed by atoms with Crippen LogP contribution in [-0.2, 0) is 0 Å². The van der Waals surface area contributed by atoms with Crippen molar-refractivity contribution in [1.82, 2.24) is 5.32 Å². The van der Waals surface area contributed by atoms with E-state index in [2.05, 4.69) is 11.4 Å². The summed E-state index contributed by atoms with van der Waals surface area (Å²) in [4.78, 5) is 0.963. The molecule has 0 saturated heterocycles. The highest BCUT2D eigenvalue weighted by Crippen LogP contribution is 2.38. The number of thioether (sulfide) groups is 1. The van der Waals surface area contributed by atoms with Crippen molar-refractivity contribution in [3.8, 4) is 6.07 Å². The second-order valence-electron chi connectivity index (χ2n) is 5.02. The monoisotopic (exact) mass is 278 g/mol. The minimum atomic E-state index is -0.345. The highest BCUT2D eigenvalue weighted by Gasteiger charge is 2.41. The Morgan fingerprint density at radius 3 is 3.11 bits per heavy atom. The molecule has 2 unspecified atom stereocenters. The van der Waals surface area contributed by atoms with E-state index in [0.717, 1.165) is 36.3 Å². The molecule has 1 fully saturated rings. The highest BCUT2D eigenvalue weighted by atomic mass is 32.2. The molecule has 2 rings (SSSR count). The van der Waals surface area contributed by atoms with E-state index in [-0.39, 0.29) is 11.4 Å². The number of benzene rings is 1. The van der Waals surface area contributed by atoms with Crippen molar-refractivity contribution in [2.75, 3.05) is 12.8 Å². The zero-order valence-corrected chi connectivity index (χ0v) is 12.0. The first-order valence-electron chi connectivity index (χ1n) is 6.69. The van der Waals surface area contributed by atoms with E-state index >= 15 is 0 Å². The topological polar surface area (TPSA) is 35.8 Å². The zero-order chi connectivity index (χ0) is 13.7. The lowest BCUT2D eigenvalue weighted by Crippen LogP contribution is -2.44. The Bertz CT molecular complexity index is 471. The Morgan fingerprint density at radius 1 is 1.58 bits per heavy atom. The summed E-state index contributed by atoms with van der Waals surface area (Å²) in [6.07, 6.45) is 4.16. The lowest BCUT2D eigenvalue weighted by Gasteiger charge is -2.28. The number of rotatable bonds is 5. The van der Waals surface area contributed by atoms with Crippen LogP contribution in [0.3, 0.4) is 0 Å². The summed E-state index contributed by atoms with van der Waals surface area (Å²) in [6, 6.07) is 9.15. The minimum Gasteiger partial charge on any atom is -0.302 e. The third kappa shape index (κ3) is 3.29. The third-order valence-electron chi connectivity index (χ3n) is 4.00. The molecule has 102 valence electrons. The van der Waals surface area contributed by atoms with Crippen molar-refractivity contribution in [3.63, 3.8) is 0 Å². The van der Waals surface area contributed by atoms with Crippen LogP contribution in [0.4, 0.5) is 4.39 Å². The highest BCUT2D eigenvalue weighted by molar-refractivity contribution is 7.99. The SMILES string of the molecule is CNC1(C#N)CCCC1CCSc1cccc(F)c1. The molecule has 1 aromatic carbocycles. The van der Waals surface area contributed by atoms with Gasteiger partial charge in [0.05, 0.1) is 6.07 Å². The number of hydrogen-bond acceptors (Lipinski definition) is 3. The first kappa shape index (κ1) is 14.4. The van der Waals surface area contributed by atoms with Gasteiger partial charge in [-0.2, -0.15) is 5.26 Å². The van der Waals surface area contributed by atoms with Gasteiger partial charge in [-0.3, -0.25) is 0 Å². The van der Waals surface area contributed by atoms with Crippen molar-refractivity contribution in [3.05, 3.63) is 30.1 Å². The first-order chi connectivity index (χ1) is 9.20. The van der Waals surface area contributed by atoms with E-state index in [1.807, 2.05) is 13.1 Å². The van der Waals surface area contributed by atoms with Gasteiger partial charge in [0, 0.05) is 4.90 Å². The fourth-order valence-corrected chi connectivity index (χ4v) is 3.89. The summed E-state index contributed by atoms with van der Waals surface area (Å²) >= 11 is 1.67. The molecule has 0 aromatic heterocycles. The molecular formula is C15H19FN2S. The zero-order valence-electron chi connectivity index (χ0n) is 11.2. The smallest absolute Gasteiger partial charge is 0.124 e. The maximum Gasteiger partial charge on any atom is 0.124 e. The average molecular weight is 278 g/mol. The summed E-state index contributed by atoms with van der Waals surface area (Å²) in [5, 5.41) is 12.6. The van der Waals surface area contributed by atoms with Gasteiger partial charge in [-0.25, -0.2) is 4.39 Å². The summed E-state index contributed by atoms with van der Waals surface area (Å²) in [7, 11) is 1.88. The van der Waals surface area contributed by atoms with Crippen molar-refractivity contribution >= 4 is 11.8 Å². The Hall–Kier alpha value is -1.05. The molecule has 1 N–H and O–H groups in total. The number of nitriles is 1. The Kier molecular flexibility index (Phi) is 4.84. The molecule has 1 aromatic rings. The van der Waals surface area contributed by atoms with Crippen LogP contribution in [0.2, 0.25) is 0 Å². The van der Waals surface area contributed by atoms with Gasteiger partial charge in [0.2, 0.25) is 0 Å². The van der Waals surface area contributed by atoms with Crippen LogP contribution in [-0.4, -0.2) is 18.3 Å². The Balaban J connectivity index is 1.87. The van der Waals surface area contributed by atoms with Crippen molar-refractivity contribution in [2.45, 2.75) is 36.1 Å². The molecule has 1 saturated carbocycles. The molecule has 0 heterocycles. The Labute approximate surface area is 118 Å². The van der Waals surface area contributed by atoms with E-state index < -0.39 is 0 Å². The van der Waals surface area contributed by atoms with Gasteiger partial charge < -0.3 is 5.32 Å². The molecular weight excluding hydrogens is 259 g/mol. The minimum absolute atomic E-state index is 0.188. The van der Waals surface area contributed by atoms with E-state index in [1.54, 1.807) is 23.9 Å². The quantitative estimate of drug-likeness (QED) is 0.836. The maximum atomic E-state index is 13.1. The predicted molar refractivity (Wildman–Crippen MR) is 76.5 cm³/mol. The summed E-state index contributed by atoms with van der Waals surface area (Å²) in [5.41, 5.74) is -0.345. The van der Waals surface area contributed by atoms with Crippen LogP contribution in [0.25, 0.3) is 0 Å². The number of hydrogen-bond donors (Lipinski definition) is 1. The number of halogens is 1. The molecule has 0 aliphatic heterocycles. The van der Waals surface area contributed by atoms with Crippen molar-refractivity contribution in [2.24, 2.45) is 5.92 Å². The van der Waals surface area contributed by atoms with E-state index in [9.17, 15) is 9.65 Å². The maximum absolute atomic E-state index is 13.1. The van der Waals surface area contributed by atoms with Crippen molar-refractivity contribution in [1.29, 1.82) is 5.26 Å². The predicted octanol–water partition coefficient (Wildman–Crippen LogP) is 3.59. The standard InChI is InChI=1S/C15H19FN2S/c1-18-15(11-17)8-3-4-12(15)7-9-19-14-6-2-5-13(16)10-14/h2,5-6,10,12,18H,3-4,7-9H2,1H3. The summed E-state index contributed by atoms with van der Waals surface area (Å²) < 4.78 is 13.1. The number of nitrogens with one attached hydrogen (secondary N) is 1. The van der Waals surface area contributed by atoms with Crippen LogP contribution in [0, 0.1) is 23.1 Å². The van der Waals surface area contributed by atoms with Crippen molar-refractivity contribution < 1.29 is 4.39 Å². The van der Waals surface area contributed by atoms with Crippen LogP contribution in [0.5, 0.6) is 0 Å². The normalized spacial score (nSPS) is 26.3. The molecule has 2 atom stereocenters. The molecule has 0 radical (unpaired) electrons. The van der Waals surface area contributed by atoms with Gasteiger partial charge in [0.15, 0.2) is 0 Å². The molecule has 1 aliphatic carbocycles. The molecule has 1 aliphatic rings. The van der Waals surface area contributed by atoms with Gasteiger partial charge in [-0.15, -0.1) is 11.8 Å². The molecule has 0 spiro atoms. The third-order valence-corrected chi connectivity index (χ3v) is 5.02. The summed E-state index contributed by atoms with van der Waals surface area (Å²) in [6.45, 7) is 0. The second kappa shape index (κ2) is 6.40. The fourth-order valence-electron chi connectivity index (χ4n) is 2.88. The lowest BCUT2D eigenvalue weighted by molar-refractivity contribution is 0.332. The molecule has 4 heteroatoms. The van der Waals surface area contributed by atoms with Crippen LogP contribution in [0.1, 0.15) is 25.7 Å². The van der Waals surface area contributed by atoms with E-state index in [0.29, 0.717) is 5.92 Å². The second-order valence-corrected chi connectivity index (χ2v) is 6.19. The van der Waals surface area contributed by atoms with Gasteiger partial charge in [0.1, 0.15) is 11.4 Å². The van der Waals surface area contributed by atoms with E-state index in [4.69, 9.17) is 0 Å². The molecule has 2 nitrogen and oxygen atoms in total. The van der Waals surface area contributed by atoms with Crippen LogP contribution < -0.4 is 5.32 Å². The largest absolute Gasteiger partial charge is 0.302 e. The van der Waals surface area contributed by atoms with Gasteiger partial charge in [-0.1, -0.05) is 12.5 Å². The fraction of sp³-hybridized carbons (Fsp3) is 0.533. The molecule has 19 heavy (non-hydrogen) atoms. The molecule has 0 amide bonds. The van der Waals surface area contributed by atoms with Crippen LogP contribution >= 0.6 is 11.8 Å². The van der Waals surface area contributed by atoms with Gasteiger partial charge >= 0.3 is 0 Å². The summed E-state index contributed by atoms with van der Waals surface area (Å²) in [5.74, 6) is 1.15. The van der Waals surface area contributed by atoms with Gasteiger partial charge in [0.25, 0.3) is 0 Å². The number of nitrogens with zero attached hydrogens (tertiary/aromatic N) is 1. The lowest BCUT2D eigenvalue weighted by atomic mass is 9.87. The first-order valence-corrected chi connectivity index (χ1v) is 7.67. The molecule has 0 bridgehead atoms. The Morgan fingerprint density at radius 2 is 2.42 bits per heavy atom. The van der Waals surface area contributed by atoms with Crippen LogP contribution in [0.15, 0.2) is 29.2 Å².